The van der Waals surface area contributed by atoms with Crippen LogP contribution < -0.4 is 5.32 Å². The van der Waals surface area contributed by atoms with Gasteiger partial charge >= 0.3 is 0 Å². The molecule has 0 radical (unpaired) electrons. The molecule has 0 unspecified atom stereocenters. The van der Waals surface area contributed by atoms with Gasteiger partial charge in [0.1, 0.15) is 0 Å². The number of hydrogen-bond donors (Lipinski definition) is 1. The highest BCUT2D eigenvalue weighted by atomic mass is 16.1. The summed E-state index contributed by atoms with van der Waals surface area (Å²) in [5.74, 6) is -0.166. The maximum atomic E-state index is 12.6. The minimum absolute atomic E-state index is 0.166. The van der Waals surface area contributed by atoms with Gasteiger partial charge in [-0.3, -0.25) is 4.79 Å². The summed E-state index contributed by atoms with van der Waals surface area (Å²) >= 11 is 0. The number of anilines is 1. The fourth-order valence-corrected chi connectivity index (χ4v) is 2.53. The molecular weight excluding hydrogens is 276 g/mol. The molecule has 5 heteroatoms. The summed E-state index contributed by atoms with van der Waals surface area (Å²) in [7, 11) is 0. The van der Waals surface area contributed by atoms with Gasteiger partial charge in [-0.15, -0.1) is 0 Å². The van der Waals surface area contributed by atoms with Crippen molar-refractivity contribution < 1.29 is 4.79 Å². The number of rotatable bonds is 3. The standard InChI is InChI=1S/C17H18N4O/c1-4-13-7-5-6-8-15(13)19-17(22)14-10-18-16-9-11(2)20-21(16)12(14)3/h5-10H,4H2,1-3H3,(H,19,22). The minimum Gasteiger partial charge on any atom is -0.322 e. The topological polar surface area (TPSA) is 59.3 Å². The van der Waals surface area contributed by atoms with Gasteiger partial charge in [0.25, 0.3) is 5.91 Å². The third-order valence-corrected chi connectivity index (χ3v) is 3.74. The summed E-state index contributed by atoms with van der Waals surface area (Å²) in [5.41, 5.74) is 4.89. The van der Waals surface area contributed by atoms with Crippen LogP contribution in [-0.2, 0) is 6.42 Å². The molecular formula is C17H18N4O. The van der Waals surface area contributed by atoms with E-state index in [-0.39, 0.29) is 5.91 Å². The highest BCUT2D eigenvalue weighted by molar-refractivity contribution is 6.05. The van der Waals surface area contributed by atoms with E-state index < -0.39 is 0 Å². The molecule has 0 aliphatic carbocycles. The minimum atomic E-state index is -0.166. The zero-order chi connectivity index (χ0) is 15.7. The molecule has 0 spiro atoms. The number of carbonyl (C=O) groups excluding carboxylic acids is 1. The smallest absolute Gasteiger partial charge is 0.259 e. The monoisotopic (exact) mass is 294 g/mol. The van der Waals surface area contributed by atoms with E-state index in [0.29, 0.717) is 5.56 Å². The highest BCUT2D eigenvalue weighted by Crippen LogP contribution is 2.18. The van der Waals surface area contributed by atoms with Crippen LogP contribution in [0.1, 0.15) is 34.2 Å². The molecule has 3 aromatic rings. The molecule has 1 amide bonds. The zero-order valence-corrected chi connectivity index (χ0v) is 12.9. The number of amides is 1. The van der Waals surface area contributed by atoms with Crippen LogP contribution in [0.2, 0.25) is 0 Å². The summed E-state index contributed by atoms with van der Waals surface area (Å²) in [4.78, 5) is 16.9. The normalized spacial score (nSPS) is 10.9. The van der Waals surface area contributed by atoms with Crippen LogP contribution in [0.3, 0.4) is 0 Å². The van der Waals surface area contributed by atoms with Crippen molar-refractivity contribution in [3.63, 3.8) is 0 Å². The van der Waals surface area contributed by atoms with Crippen molar-refractivity contribution in [3.05, 3.63) is 59.0 Å². The van der Waals surface area contributed by atoms with Crippen molar-refractivity contribution in [1.29, 1.82) is 0 Å². The first-order valence-corrected chi connectivity index (χ1v) is 7.31. The first-order chi connectivity index (χ1) is 10.6. The Morgan fingerprint density at radius 1 is 1.27 bits per heavy atom. The second-order valence-electron chi connectivity index (χ2n) is 5.28. The van der Waals surface area contributed by atoms with E-state index in [9.17, 15) is 4.79 Å². The van der Waals surface area contributed by atoms with E-state index in [0.717, 1.165) is 34.7 Å². The predicted molar refractivity (Wildman–Crippen MR) is 86.2 cm³/mol. The van der Waals surface area contributed by atoms with Crippen LogP contribution in [0.4, 0.5) is 5.69 Å². The first kappa shape index (κ1) is 14.3. The van der Waals surface area contributed by atoms with E-state index in [1.165, 1.54) is 0 Å². The van der Waals surface area contributed by atoms with Crippen molar-refractivity contribution in [1.82, 2.24) is 14.6 Å². The second kappa shape index (κ2) is 5.60. The van der Waals surface area contributed by atoms with E-state index in [1.807, 2.05) is 44.2 Å². The summed E-state index contributed by atoms with van der Waals surface area (Å²) in [6.45, 7) is 5.85. The Morgan fingerprint density at radius 3 is 2.82 bits per heavy atom. The fraction of sp³-hybridized carbons (Fsp3) is 0.235. The molecule has 0 saturated carbocycles. The molecule has 2 aromatic heterocycles. The van der Waals surface area contributed by atoms with Gasteiger partial charge < -0.3 is 5.32 Å². The third-order valence-electron chi connectivity index (χ3n) is 3.74. The molecule has 0 aliphatic rings. The van der Waals surface area contributed by atoms with Gasteiger partial charge in [0.05, 0.1) is 17.0 Å². The van der Waals surface area contributed by atoms with Crippen molar-refractivity contribution in [2.75, 3.05) is 5.32 Å². The Labute approximate surface area is 129 Å². The van der Waals surface area contributed by atoms with E-state index in [2.05, 4.69) is 22.3 Å². The van der Waals surface area contributed by atoms with E-state index in [4.69, 9.17) is 0 Å². The predicted octanol–water partition coefficient (Wildman–Crippen LogP) is 3.16. The van der Waals surface area contributed by atoms with Crippen molar-refractivity contribution >= 4 is 17.2 Å². The number of aryl methyl sites for hydroxylation is 3. The van der Waals surface area contributed by atoms with E-state index >= 15 is 0 Å². The van der Waals surface area contributed by atoms with Crippen LogP contribution in [-0.4, -0.2) is 20.5 Å². The lowest BCUT2D eigenvalue weighted by molar-refractivity contribution is 0.102. The lowest BCUT2D eigenvalue weighted by atomic mass is 10.1. The molecule has 2 heterocycles. The van der Waals surface area contributed by atoms with Crippen LogP contribution in [0.25, 0.3) is 5.65 Å². The average Bonchev–Trinajstić information content (AvgIpc) is 2.89. The highest BCUT2D eigenvalue weighted by Gasteiger charge is 2.15. The molecule has 1 aromatic carbocycles. The van der Waals surface area contributed by atoms with Crippen molar-refractivity contribution in [3.8, 4) is 0 Å². The Bertz CT molecular complexity index is 851. The number of para-hydroxylation sites is 1. The molecule has 112 valence electrons. The molecule has 0 aliphatic heterocycles. The molecule has 0 atom stereocenters. The Morgan fingerprint density at radius 2 is 2.05 bits per heavy atom. The summed E-state index contributed by atoms with van der Waals surface area (Å²) in [6.07, 6.45) is 2.47. The SMILES string of the molecule is CCc1ccccc1NC(=O)c1cnc2cc(C)nn2c1C. The number of nitrogens with zero attached hydrogens (tertiary/aromatic N) is 3. The first-order valence-electron chi connectivity index (χ1n) is 7.31. The maximum absolute atomic E-state index is 12.6. The summed E-state index contributed by atoms with van der Waals surface area (Å²) in [6, 6.07) is 9.71. The average molecular weight is 294 g/mol. The van der Waals surface area contributed by atoms with Gasteiger partial charge in [-0.25, -0.2) is 9.50 Å². The van der Waals surface area contributed by atoms with Crippen molar-refractivity contribution in [2.24, 2.45) is 0 Å². The lowest BCUT2D eigenvalue weighted by Crippen LogP contribution is -2.17. The van der Waals surface area contributed by atoms with Crippen LogP contribution in [0.15, 0.2) is 36.5 Å². The quantitative estimate of drug-likeness (QED) is 0.807. The number of aromatic nitrogens is 3. The third kappa shape index (κ3) is 2.45. The molecule has 0 bridgehead atoms. The van der Waals surface area contributed by atoms with Gasteiger partial charge in [0, 0.05) is 18.0 Å². The number of hydrogen-bond acceptors (Lipinski definition) is 3. The summed E-state index contributed by atoms with van der Waals surface area (Å²) < 4.78 is 1.70. The largest absolute Gasteiger partial charge is 0.322 e. The van der Waals surface area contributed by atoms with E-state index in [1.54, 1.807) is 10.7 Å². The molecule has 1 N–H and O–H groups in total. The van der Waals surface area contributed by atoms with Crippen LogP contribution in [0, 0.1) is 13.8 Å². The van der Waals surface area contributed by atoms with Gasteiger partial charge in [-0.1, -0.05) is 25.1 Å². The van der Waals surface area contributed by atoms with Gasteiger partial charge in [-0.05, 0) is 31.9 Å². The van der Waals surface area contributed by atoms with Gasteiger partial charge in [-0.2, -0.15) is 5.10 Å². The molecule has 0 fully saturated rings. The van der Waals surface area contributed by atoms with Crippen molar-refractivity contribution in [2.45, 2.75) is 27.2 Å². The Hall–Kier alpha value is -2.69. The molecule has 3 rings (SSSR count). The number of nitrogens with one attached hydrogen (secondary N) is 1. The van der Waals surface area contributed by atoms with Crippen LogP contribution in [0.5, 0.6) is 0 Å². The molecule has 5 nitrogen and oxygen atoms in total. The van der Waals surface area contributed by atoms with Gasteiger partial charge in [0.15, 0.2) is 5.65 Å². The molecule has 22 heavy (non-hydrogen) atoms. The maximum Gasteiger partial charge on any atom is 0.259 e. The zero-order valence-electron chi connectivity index (χ0n) is 12.9. The fourth-order valence-electron chi connectivity index (χ4n) is 2.53. The second-order valence-corrected chi connectivity index (χ2v) is 5.28. The number of fused-ring (bicyclic) bond motifs is 1. The molecule has 0 saturated heterocycles. The number of benzene rings is 1. The Kier molecular flexibility index (Phi) is 3.63. The number of carbonyl (C=O) groups is 1. The Balaban J connectivity index is 1.97. The van der Waals surface area contributed by atoms with Crippen LogP contribution >= 0.6 is 0 Å². The summed E-state index contributed by atoms with van der Waals surface area (Å²) in [5, 5.41) is 7.34. The lowest BCUT2D eigenvalue weighted by Gasteiger charge is -2.11. The van der Waals surface area contributed by atoms with Gasteiger partial charge in [0.2, 0.25) is 0 Å².